The Morgan fingerprint density at radius 1 is 1.17 bits per heavy atom. The zero-order chi connectivity index (χ0) is 21.3. The number of anilines is 2. The minimum Gasteiger partial charge on any atom is -0.368 e. The first-order chi connectivity index (χ1) is 14.3. The molecule has 0 aliphatic carbocycles. The van der Waals surface area contributed by atoms with E-state index in [-0.39, 0.29) is 18.2 Å². The number of aromatic nitrogens is 3. The second kappa shape index (κ2) is 7.74. The summed E-state index contributed by atoms with van der Waals surface area (Å²) in [6.07, 6.45) is -0.673. The summed E-state index contributed by atoms with van der Waals surface area (Å²) in [6.45, 7) is 1.19. The number of nitrogens with zero attached hydrogens (tertiary/aromatic N) is 4. The number of nitrogens with two attached hydrogens (primary N) is 1. The summed E-state index contributed by atoms with van der Waals surface area (Å²) in [5.41, 5.74) is 7.42. The summed E-state index contributed by atoms with van der Waals surface area (Å²) in [5, 5.41) is 0. The fourth-order valence-corrected chi connectivity index (χ4v) is 3.44. The number of benzene rings is 1. The fourth-order valence-electron chi connectivity index (χ4n) is 3.44. The van der Waals surface area contributed by atoms with Gasteiger partial charge >= 0.3 is 6.18 Å². The van der Waals surface area contributed by atoms with E-state index < -0.39 is 11.7 Å². The molecule has 0 fully saturated rings. The molecule has 0 spiro atoms. The number of hydrogen-bond donors (Lipinski definition) is 1. The van der Waals surface area contributed by atoms with Gasteiger partial charge in [-0.05, 0) is 23.8 Å². The molecule has 1 aliphatic heterocycles. The summed E-state index contributed by atoms with van der Waals surface area (Å²) >= 11 is 0. The summed E-state index contributed by atoms with van der Waals surface area (Å²) in [7, 11) is 0. The number of hydrogen-bond acceptors (Lipinski definition) is 6. The van der Waals surface area contributed by atoms with Crippen LogP contribution in [0.2, 0.25) is 0 Å². The predicted octanol–water partition coefficient (Wildman–Crippen LogP) is 3.46. The highest BCUT2D eigenvalue weighted by Crippen LogP contribution is 2.30. The van der Waals surface area contributed by atoms with E-state index in [1.165, 1.54) is 18.3 Å². The fraction of sp³-hybridized carbons (Fsp3) is 0.238. The molecule has 6 nitrogen and oxygen atoms in total. The molecule has 0 saturated heterocycles. The van der Waals surface area contributed by atoms with Gasteiger partial charge in [-0.15, -0.1) is 0 Å². The molecule has 1 aromatic carbocycles. The largest absolute Gasteiger partial charge is 0.416 e. The number of carbonyl (C=O) groups is 1. The lowest BCUT2D eigenvalue weighted by Gasteiger charge is -2.29. The molecule has 3 heterocycles. The first-order valence-electron chi connectivity index (χ1n) is 9.30. The van der Waals surface area contributed by atoms with Gasteiger partial charge in [-0.3, -0.25) is 4.79 Å². The van der Waals surface area contributed by atoms with Gasteiger partial charge < -0.3 is 10.6 Å². The second-order valence-electron chi connectivity index (χ2n) is 7.07. The van der Waals surface area contributed by atoms with Crippen LogP contribution in [0.25, 0.3) is 0 Å². The van der Waals surface area contributed by atoms with E-state index in [2.05, 4.69) is 15.0 Å². The molecule has 4 rings (SSSR count). The molecule has 0 saturated carbocycles. The van der Waals surface area contributed by atoms with Crippen molar-refractivity contribution in [2.75, 3.05) is 17.2 Å². The van der Waals surface area contributed by atoms with Crippen molar-refractivity contribution >= 4 is 17.5 Å². The Hall–Kier alpha value is -3.49. The summed E-state index contributed by atoms with van der Waals surface area (Å²) in [4.78, 5) is 27.3. The van der Waals surface area contributed by atoms with Crippen molar-refractivity contribution in [1.29, 1.82) is 0 Å². The number of nitrogen functional groups attached to an aromatic ring is 1. The number of alkyl halides is 3. The molecule has 2 aromatic heterocycles. The summed E-state index contributed by atoms with van der Waals surface area (Å²) in [6, 6.07) is 8.06. The zero-order valence-corrected chi connectivity index (χ0v) is 15.9. The lowest BCUT2D eigenvalue weighted by molar-refractivity contribution is -0.137. The summed E-state index contributed by atoms with van der Waals surface area (Å²) in [5.74, 6) is 0.585. The number of Topliss-reactive ketones (excluding diaryl/α,β-unsaturated/α-hetero) is 1. The highest BCUT2D eigenvalue weighted by molar-refractivity contribution is 5.98. The Labute approximate surface area is 170 Å². The maximum absolute atomic E-state index is 12.9. The quantitative estimate of drug-likeness (QED) is 0.660. The molecular formula is C21H18F3N5O. The number of rotatable bonds is 4. The molecule has 0 bridgehead atoms. The highest BCUT2D eigenvalue weighted by atomic mass is 19.4. The van der Waals surface area contributed by atoms with Crippen LogP contribution in [-0.2, 0) is 25.6 Å². The molecule has 30 heavy (non-hydrogen) atoms. The second-order valence-corrected chi connectivity index (χ2v) is 7.07. The van der Waals surface area contributed by atoms with Gasteiger partial charge in [0.25, 0.3) is 0 Å². The maximum atomic E-state index is 12.9. The average molecular weight is 413 g/mol. The molecular weight excluding hydrogens is 395 g/mol. The average Bonchev–Trinajstić information content (AvgIpc) is 2.73. The molecule has 9 heteroatoms. The SMILES string of the molecule is Nc1ncc2c(n1)CCN(c1cc(C(=O)Cc3cccc(C(F)(F)F)c3)ccn1)C2. The minimum absolute atomic E-state index is 0.122. The third kappa shape index (κ3) is 4.24. The normalized spacial score (nSPS) is 13.8. The van der Waals surface area contributed by atoms with Crippen LogP contribution >= 0.6 is 0 Å². The molecule has 1 aliphatic rings. The Balaban J connectivity index is 1.51. The van der Waals surface area contributed by atoms with Gasteiger partial charge in [-0.25, -0.2) is 15.0 Å². The monoisotopic (exact) mass is 413 g/mol. The van der Waals surface area contributed by atoms with Crippen LogP contribution in [0.3, 0.4) is 0 Å². The number of pyridine rings is 1. The topological polar surface area (TPSA) is 85.0 Å². The van der Waals surface area contributed by atoms with E-state index in [9.17, 15) is 18.0 Å². The van der Waals surface area contributed by atoms with Crippen molar-refractivity contribution in [2.45, 2.75) is 25.6 Å². The molecule has 3 aromatic rings. The van der Waals surface area contributed by atoms with Crippen LogP contribution in [0.15, 0.2) is 48.8 Å². The van der Waals surface area contributed by atoms with Crippen LogP contribution in [0.4, 0.5) is 24.9 Å². The lowest BCUT2D eigenvalue weighted by Crippen LogP contribution is -2.32. The predicted molar refractivity (Wildman–Crippen MR) is 105 cm³/mol. The highest BCUT2D eigenvalue weighted by Gasteiger charge is 2.30. The van der Waals surface area contributed by atoms with Crippen molar-refractivity contribution in [1.82, 2.24) is 15.0 Å². The van der Waals surface area contributed by atoms with Crippen molar-refractivity contribution in [2.24, 2.45) is 0 Å². The van der Waals surface area contributed by atoms with Crippen molar-refractivity contribution in [3.63, 3.8) is 0 Å². The first-order valence-corrected chi connectivity index (χ1v) is 9.30. The zero-order valence-electron chi connectivity index (χ0n) is 15.9. The van der Waals surface area contributed by atoms with Gasteiger partial charge in [0.2, 0.25) is 5.95 Å². The molecule has 0 atom stereocenters. The number of carbonyl (C=O) groups excluding carboxylic acids is 1. The Morgan fingerprint density at radius 2 is 2.00 bits per heavy atom. The van der Waals surface area contributed by atoms with E-state index in [4.69, 9.17) is 5.73 Å². The maximum Gasteiger partial charge on any atom is 0.416 e. The lowest BCUT2D eigenvalue weighted by atomic mass is 10.0. The van der Waals surface area contributed by atoms with E-state index in [1.54, 1.807) is 18.3 Å². The summed E-state index contributed by atoms with van der Waals surface area (Å²) < 4.78 is 38.7. The number of halogens is 3. The van der Waals surface area contributed by atoms with Gasteiger partial charge in [0.1, 0.15) is 5.82 Å². The van der Waals surface area contributed by atoms with Gasteiger partial charge in [0.05, 0.1) is 11.3 Å². The van der Waals surface area contributed by atoms with Gasteiger partial charge in [-0.1, -0.05) is 18.2 Å². The Kier molecular flexibility index (Phi) is 5.11. The van der Waals surface area contributed by atoms with Crippen molar-refractivity contribution < 1.29 is 18.0 Å². The number of fused-ring (bicyclic) bond motifs is 1. The van der Waals surface area contributed by atoms with E-state index in [1.807, 2.05) is 4.90 Å². The Bertz CT molecular complexity index is 1100. The third-order valence-corrected chi connectivity index (χ3v) is 4.96. The van der Waals surface area contributed by atoms with Crippen molar-refractivity contribution in [3.05, 3.63) is 76.7 Å². The van der Waals surface area contributed by atoms with Crippen molar-refractivity contribution in [3.8, 4) is 0 Å². The van der Waals surface area contributed by atoms with Gasteiger partial charge in [0.15, 0.2) is 5.78 Å². The van der Waals surface area contributed by atoms with Gasteiger partial charge in [-0.2, -0.15) is 13.2 Å². The molecule has 0 amide bonds. The van der Waals surface area contributed by atoms with Crippen LogP contribution in [0.1, 0.15) is 32.7 Å². The minimum atomic E-state index is -4.44. The van der Waals surface area contributed by atoms with Crippen LogP contribution in [0.5, 0.6) is 0 Å². The molecule has 2 N–H and O–H groups in total. The smallest absolute Gasteiger partial charge is 0.368 e. The van der Waals surface area contributed by atoms with Crippen LogP contribution in [0, 0.1) is 0 Å². The van der Waals surface area contributed by atoms with E-state index >= 15 is 0 Å². The van der Waals surface area contributed by atoms with E-state index in [0.717, 1.165) is 23.4 Å². The molecule has 0 unspecified atom stereocenters. The first kappa shape index (κ1) is 19.8. The van der Waals surface area contributed by atoms with Gasteiger partial charge in [0, 0.05) is 49.5 Å². The standard InChI is InChI=1S/C21H18F3N5O/c22-21(23,24)16-3-1-2-13(8-16)9-18(30)14-4-6-26-19(10-14)29-7-5-17-15(12-29)11-27-20(25)28-17/h1-4,6,8,10-11H,5,7,9,12H2,(H2,25,27,28). The van der Waals surface area contributed by atoms with Crippen LogP contribution in [-0.4, -0.2) is 27.3 Å². The molecule has 0 radical (unpaired) electrons. The van der Waals surface area contributed by atoms with E-state index in [0.29, 0.717) is 36.5 Å². The Morgan fingerprint density at radius 3 is 2.80 bits per heavy atom. The van der Waals surface area contributed by atoms with Crippen LogP contribution < -0.4 is 10.6 Å². The third-order valence-electron chi connectivity index (χ3n) is 4.96. The molecule has 154 valence electrons. The number of ketones is 1.